The first-order valence-corrected chi connectivity index (χ1v) is 10.6. The first kappa shape index (κ1) is 23.0. The first-order valence-electron chi connectivity index (χ1n) is 10.6. The Hall–Kier alpha value is -4.15. The lowest BCUT2D eigenvalue weighted by molar-refractivity contribution is -0.142. The molecule has 2 aromatic heterocycles. The number of aliphatic carboxylic acids is 1. The Labute approximate surface area is 193 Å². The molecular formula is C23H22F2N6O3. The van der Waals surface area contributed by atoms with E-state index < -0.39 is 17.7 Å². The number of carboxylic acids is 1. The van der Waals surface area contributed by atoms with Gasteiger partial charge in [-0.05, 0) is 25.0 Å². The van der Waals surface area contributed by atoms with Crippen molar-refractivity contribution in [1.82, 2.24) is 15.1 Å². The molecule has 1 aromatic carbocycles. The molecule has 11 heteroatoms. The molecule has 1 saturated heterocycles. The number of hydrogen-bond acceptors (Lipinski definition) is 8. The monoisotopic (exact) mass is 468 g/mol. The highest BCUT2D eigenvalue weighted by Gasteiger charge is 2.27. The number of aliphatic imine (C=N–C) groups is 1. The average Bonchev–Trinajstić information content (AvgIpc) is 3.38. The Morgan fingerprint density at radius 2 is 2.00 bits per heavy atom. The van der Waals surface area contributed by atoms with Crippen LogP contribution in [0.15, 0.2) is 58.4 Å². The van der Waals surface area contributed by atoms with Crippen molar-refractivity contribution in [3.05, 3.63) is 77.6 Å². The van der Waals surface area contributed by atoms with E-state index in [2.05, 4.69) is 20.1 Å². The Kier molecular flexibility index (Phi) is 6.90. The molecule has 0 saturated carbocycles. The predicted molar refractivity (Wildman–Crippen MR) is 120 cm³/mol. The summed E-state index contributed by atoms with van der Waals surface area (Å²) >= 11 is 0. The van der Waals surface area contributed by atoms with Gasteiger partial charge in [-0.25, -0.2) is 18.7 Å². The number of allylic oxidation sites excluding steroid dienone is 1. The zero-order chi connectivity index (χ0) is 24.1. The number of halogens is 2. The van der Waals surface area contributed by atoms with Crippen molar-refractivity contribution in [3.8, 4) is 0 Å². The number of anilines is 1. The fourth-order valence-corrected chi connectivity index (χ4v) is 3.61. The van der Waals surface area contributed by atoms with Crippen molar-refractivity contribution >= 4 is 23.2 Å². The summed E-state index contributed by atoms with van der Waals surface area (Å²) in [5.74, 6) is -2.21. The molecule has 3 heterocycles. The van der Waals surface area contributed by atoms with Crippen LogP contribution in [0.3, 0.4) is 0 Å². The Balaban J connectivity index is 1.60. The maximum absolute atomic E-state index is 14.5. The summed E-state index contributed by atoms with van der Waals surface area (Å²) in [7, 11) is 0. The summed E-state index contributed by atoms with van der Waals surface area (Å²) in [5, 5.41) is 13.0. The Bertz CT molecular complexity index is 1220. The Morgan fingerprint density at radius 3 is 2.68 bits per heavy atom. The quantitative estimate of drug-likeness (QED) is 0.506. The van der Waals surface area contributed by atoms with E-state index in [-0.39, 0.29) is 29.7 Å². The predicted octanol–water partition coefficient (Wildman–Crippen LogP) is 3.03. The summed E-state index contributed by atoms with van der Waals surface area (Å²) in [6, 6.07) is 7.84. The van der Waals surface area contributed by atoms with Crippen LogP contribution in [0.5, 0.6) is 0 Å². The lowest BCUT2D eigenvalue weighted by Crippen LogP contribution is -2.37. The van der Waals surface area contributed by atoms with E-state index >= 15 is 0 Å². The minimum atomic E-state index is -0.856. The van der Waals surface area contributed by atoms with Crippen LogP contribution in [0.25, 0.3) is 5.70 Å². The van der Waals surface area contributed by atoms with E-state index in [9.17, 15) is 18.7 Å². The number of carbonyl (C=O) groups is 1. The second-order valence-corrected chi connectivity index (χ2v) is 7.74. The molecule has 3 aromatic rings. The van der Waals surface area contributed by atoms with E-state index in [1.54, 1.807) is 29.2 Å². The molecule has 34 heavy (non-hydrogen) atoms. The lowest BCUT2D eigenvalue weighted by atomic mass is 9.97. The highest BCUT2D eigenvalue weighted by molar-refractivity contribution is 6.10. The summed E-state index contributed by atoms with van der Waals surface area (Å²) in [6.07, 6.45) is 4.63. The SMILES string of the molecule is NC(=CC(=NCc1ccccc1F)c1ccon1)c1ncc(F)c(N2CCC(C(=O)O)CC2)n1. The van der Waals surface area contributed by atoms with Crippen LogP contribution in [0.1, 0.15) is 29.9 Å². The van der Waals surface area contributed by atoms with Gasteiger partial charge in [-0.2, -0.15) is 0 Å². The van der Waals surface area contributed by atoms with Gasteiger partial charge in [0.25, 0.3) is 0 Å². The summed E-state index contributed by atoms with van der Waals surface area (Å²) in [4.78, 5) is 25.5. The van der Waals surface area contributed by atoms with E-state index in [0.717, 1.165) is 6.20 Å². The molecule has 1 fully saturated rings. The molecule has 1 aliphatic heterocycles. The smallest absolute Gasteiger partial charge is 0.306 e. The van der Waals surface area contributed by atoms with Crippen LogP contribution >= 0.6 is 0 Å². The van der Waals surface area contributed by atoms with Crippen LogP contribution in [-0.4, -0.2) is 45.0 Å². The fraction of sp³-hybridized carbons (Fsp3) is 0.261. The van der Waals surface area contributed by atoms with E-state index in [4.69, 9.17) is 10.3 Å². The molecule has 1 aliphatic rings. The zero-order valence-corrected chi connectivity index (χ0v) is 18.1. The molecule has 0 aliphatic carbocycles. The molecule has 9 nitrogen and oxygen atoms in total. The minimum Gasteiger partial charge on any atom is -0.481 e. The number of nitrogens with zero attached hydrogens (tertiary/aromatic N) is 5. The topological polar surface area (TPSA) is 131 Å². The molecule has 176 valence electrons. The summed E-state index contributed by atoms with van der Waals surface area (Å²) in [5.41, 5.74) is 7.38. The fourth-order valence-electron chi connectivity index (χ4n) is 3.61. The number of hydrogen-bond donors (Lipinski definition) is 2. The van der Waals surface area contributed by atoms with Gasteiger partial charge in [0.2, 0.25) is 0 Å². The molecule has 0 unspecified atom stereocenters. The number of benzene rings is 1. The number of piperidine rings is 1. The zero-order valence-electron chi connectivity index (χ0n) is 18.1. The van der Waals surface area contributed by atoms with Crippen LogP contribution in [0.2, 0.25) is 0 Å². The van der Waals surface area contributed by atoms with Gasteiger partial charge in [0.1, 0.15) is 17.8 Å². The second-order valence-electron chi connectivity index (χ2n) is 7.74. The van der Waals surface area contributed by atoms with E-state index in [1.165, 1.54) is 18.4 Å². The molecule has 0 spiro atoms. The van der Waals surface area contributed by atoms with Crippen molar-refractivity contribution in [3.63, 3.8) is 0 Å². The van der Waals surface area contributed by atoms with Gasteiger partial charge in [0, 0.05) is 24.7 Å². The van der Waals surface area contributed by atoms with Crippen LogP contribution in [-0.2, 0) is 11.3 Å². The van der Waals surface area contributed by atoms with Gasteiger partial charge in [-0.3, -0.25) is 9.79 Å². The third-order valence-corrected chi connectivity index (χ3v) is 5.50. The Morgan fingerprint density at radius 1 is 1.24 bits per heavy atom. The summed E-state index contributed by atoms with van der Waals surface area (Å²) in [6.45, 7) is 0.733. The molecule has 0 radical (unpaired) electrons. The maximum Gasteiger partial charge on any atom is 0.306 e. The van der Waals surface area contributed by atoms with Crippen molar-refractivity contribution in [2.24, 2.45) is 16.6 Å². The molecule has 0 bridgehead atoms. The van der Waals surface area contributed by atoms with Gasteiger partial charge in [-0.15, -0.1) is 0 Å². The maximum atomic E-state index is 14.5. The number of rotatable bonds is 7. The van der Waals surface area contributed by atoms with Gasteiger partial charge < -0.3 is 20.3 Å². The van der Waals surface area contributed by atoms with Crippen LogP contribution in [0, 0.1) is 17.6 Å². The number of nitrogens with two attached hydrogens (primary N) is 1. The highest BCUT2D eigenvalue weighted by Crippen LogP contribution is 2.24. The van der Waals surface area contributed by atoms with Crippen LogP contribution < -0.4 is 10.6 Å². The molecular weight excluding hydrogens is 446 g/mol. The van der Waals surface area contributed by atoms with Gasteiger partial charge in [0.15, 0.2) is 17.5 Å². The van der Waals surface area contributed by atoms with Crippen molar-refractivity contribution in [1.29, 1.82) is 0 Å². The molecule has 0 atom stereocenters. The molecule has 4 rings (SSSR count). The third kappa shape index (κ3) is 5.25. The van der Waals surface area contributed by atoms with Crippen molar-refractivity contribution in [2.75, 3.05) is 18.0 Å². The van der Waals surface area contributed by atoms with Gasteiger partial charge in [-0.1, -0.05) is 23.4 Å². The number of carboxylic acid groups (broad SMARTS) is 1. The molecule has 0 amide bonds. The van der Waals surface area contributed by atoms with E-state index in [1.807, 2.05) is 0 Å². The van der Waals surface area contributed by atoms with Crippen molar-refractivity contribution < 1.29 is 23.2 Å². The largest absolute Gasteiger partial charge is 0.481 e. The highest BCUT2D eigenvalue weighted by atomic mass is 19.1. The van der Waals surface area contributed by atoms with Crippen LogP contribution in [0.4, 0.5) is 14.6 Å². The van der Waals surface area contributed by atoms with Crippen molar-refractivity contribution in [2.45, 2.75) is 19.4 Å². The molecule has 3 N–H and O–H groups in total. The number of aromatic nitrogens is 3. The van der Waals surface area contributed by atoms with Gasteiger partial charge >= 0.3 is 5.97 Å². The minimum absolute atomic E-state index is 0.0344. The normalized spacial score (nSPS) is 15.5. The summed E-state index contributed by atoms with van der Waals surface area (Å²) < 4.78 is 33.4. The average molecular weight is 468 g/mol. The van der Waals surface area contributed by atoms with Gasteiger partial charge in [0.05, 0.1) is 30.1 Å². The third-order valence-electron chi connectivity index (χ3n) is 5.50. The standard InChI is InChI=1S/C23H22F2N6O3/c24-16-4-2-1-3-15(16)12-27-20(19-7-10-34-30-19)11-18(26)21-28-13-17(25)22(29-21)31-8-5-14(6-9-31)23(32)33/h1-4,7,10-11,13-14H,5-6,8-9,12,26H2,(H,32,33). The second kappa shape index (κ2) is 10.2. The first-order chi connectivity index (χ1) is 16.4. The lowest BCUT2D eigenvalue weighted by Gasteiger charge is -2.31. The van der Waals surface area contributed by atoms with E-state index in [0.29, 0.717) is 42.9 Å².